The minimum atomic E-state index is -1.09. The van der Waals surface area contributed by atoms with Gasteiger partial charge in [-0.1, -0.05) is 65.3 Å². The third-order valence-corrected chi connectivity index (χ3v) is 7.80. The van der Waals surface area contributed by atoms with E-state index >= 15 is 0 Å². The van der Waals surface area contributed by atoms with Gasteiger partial charge in [0.1, 0.15) is 5.25 Å². The fourth-order valence-corrected chi connectivity index (χ4v) is 5.58. The van der Waals surface area contributed by atoms with Crippen LogP contribution in [-0.2, 0) is 9.59 Å². The molecule has 3 aromatic carbocycles. The van der Waals surface area contributed by atoms with Crippen LogP contribution >= 0.6 is 23.4 Å². The largest absolute Gasteiger partial charge is 0.478 e. The fourth-order valence-electron chi connectivity index (χ4n) is 4.47. The van der Waals surface area contributed by atoms with Crippen molar-refractivity contribution in [3.8, 4) is 0 Å². The standard InChI is InChI=1S/C28H23ClN4O4S/c1-16-2-4-17(5-3-16)22-14-23(18-6-10-20(29)11-7-18)33(31-22)28(30)38-24-15-25(34)32(26(24)35)21-12-8-19(9-13-21)27(36)37/h2-13,23-24,30H,14-15H2,1H3,(H,36,37)/t23-,24-/m1/s1. The summed E-state index contributed by atoms with van der Waals surface area (Å²) in [6.45, 7) is 2.01. The number of hydrazone groups is 1. The zero-order valence-corrected chi connectivity index (χ0v) is 21.9. The summed E-state index contributed by atoms with van der Waals surface area (Å²) in [7, 11) is 0. The van der Waals surface area contributed by atoms with Gasteiger partial charge >= 0.3 is 5.97 Å². The van der Waals surface area contributed by atoms with Gasteiger partial charge in [0.2, 0.25) is 11.8 Å². The molecule has 8 nitrogen and oxygen atoms in total. The molecule has 1 fully saturated rings. The highest BCUT2D eigenvalue weighted by atomic mass is 35.5. The van der Waals surface area contributed by atoms with Crippen LogP contribution in [0.2, 0.25) is 5.02 Å². The number of benzene rings is 3. The number of rotatable bonds is 5. The van der Waals surface area contributed by atoms with E-state index in [1.807, 2.05) is 43.3 Å². The van der Waals surface area contributed by atoms with E-state index in [2.05, 4.69) is 0 Å². The molecule has 2 atom stereocenters. The number of anilines is 1. The van der Waals surface area contributed by atoms with Crippen LogP contribution in [0.3, 0.4) is 0 Å². The Labute approximate surface area is 228 Å². The zero-order chi connectivity index (χ0) is 27.0. The maximum atomic E-state index is 13.2. The topological polar surface area (TPSA) is 114 Å². The van der Waals surface area contributed by atoms with Gasteiger partial charge < -0.3 is 5.11 Å². The van der Waals surface area contributed by atoms with Crippen molar-refractivity contribution in [3.05, 3.63) is 100 Å². The molecule has 2 amide bonds. The molecule has 0 aromatic heterocycles. The molecule has 0 bridgehead atoms. The Morgan fingerprint density at radius 3 is 2.29 bits per heavy atom. The molecular weight excluding hydrogens is 524 g/mol. The van der Waals surface area contributed by atoms with Crippen molar-refractivity contribution in [3.63, 3.8) is 0 Å². The van der Waals surface area contributed by atoms with Gasteiger partial charge in [0.15, 0.2) is 5.17 Å². The van der Waals surface area contributed by atoms with Crippen molar-refractivity contribution in [1.29, 1.82) is 5.41 Å². The van der Waals surface area contributed by atoms with Crippen LogP contribution in [0.1, 0.15) is 45.9 Å². The second-order valence-electron chi connectivity index (χ2n) is 9.06. The lowest BCUT2D eigenvalue weighted by atomic mass is 9.98. The summed E-state index contributed by atoms with van der Waals surface area (Å²) >= 11 is 7.09. The van der Waals surface area contributed by atoms with Crippen molar-refractivity contribution >= 4 is 57.7 Å². The lowest BCUT2D eigenvalue weighted by Gasteiger charge is -2.24. The van der Waals surface area contributed by atoms with Crippen LogP contribution in [0.25, 0.3) is 0 Å². The number of hydrogen-bond acceptors (Lipinski definition) is 6. The molecule has 192 valence electrons. The number of carboxylic acids is 1. The Morgan fingerprint density at radius 1 is 1.00 bits per heavy atom. The first-order valence-corrected chi connectivity index (χ1v) is 13.1. The number of aryl methyl sites for hydroxylation is 1. The summed E-state index contributed by atoms with van der Waals surface area (Å²) in [6.07, 6.45) is 0.494. The van der Waals surface area contributed by atoms with E-state index in [0.29, 0.717) is 17.1 Å². The van der Waals surface area contributed by atoms with Crippen LogP contribution in [0.4, 0.5) is 5.69 Å². The van der Waals surface area contributed by atoms with E-state index in [4.69, 9.17) is 27.2 Å². The molecule has 1 saturated heterocycles. The number of carbonyl (C=O) groups excluding carboxylic acids is 2. The highest BCUT2D eigenvalue weighted by Gasteiger charge is 2.42. The SMILES string of the molecule is Cc1ccc(C2=NN(C(=N)S[C@@H]3CC(=O)N(c4ccc(C(=O)O)cc4)C3=O)[C@@H](c3ccc(Cl)cc3)C2)cc1. The van der Waals surface area contributed by atoms with Crippen LogP contribution in [-0.4, -0.2) is 44.0 Å². The van der Waals surface area contributed by atoms with Gasteiger partial charge in [-0.3, -0.25) is 15.0 Å². The molecule has 0 unspecified atom stereocenters. The van der Waals surface area contributed by atoms with Crippen LogP contribution in [0.15, 0.2) is 77.9 Å². The molecular formula is C28H23ClN4O4S. The Balaban J connectivity index is 1.38. The predicted molar refractivity (Wildman–Crippen MR) is 148 cm³/mol. The summed E-state index contributed by atoms with van der Waals surface area (Å²) in [5.41, 5.74) is 4.21. The van der Waals surface area contributed by atoms with E-state index in [-0.39, 0.29) is 23.2 Å². The highest BCUT2D eigenvalue weighted by molar-refractivity contribution is 8.14. The van der Waals surface area contributed by atoms with Gasteiger partial charge in [-0.2, -0.15) is 5.10 Å². The molecule has 2 aliphatic heterocycles. The first-order valence-electron chi connectivity index (χ1n) is 11.9. The molecule has 0 radical (unpaired) electrons. The van der Waals surface area contributed by atoms with Gasteiger partial charge in [0.05, 0.1) is 23.0 Å². The Hall–Kier alpha value is -3.95. The highest BCUT2D eigenvalue weighted by Crippen LogP contribution is 2.38. The minimum Gasteiger partial charge on any atom is -0.478 e. The minimum absolute atomic E-state index is 0.0567. The number of amidine groups is 1. The average Bonchev–Trinajstić information content (AvgIpc) is 3.46. The number of halogens is 1. The van der Waals surface area contributed by atoms with E-state index in [0.717, 1.165) is 39.1 Å². The van der Waals surface area contributed by atoms with Crippen molar-refractivity contribution in [2.75, 3.05) is 4.90 Å². The summed E-state index contributed by atoms with van der Waals surface area (Å²) in [4.78, 5) is 38.1. The summed E-state index contributed by atoms with van der Waals surface area (Å²) in [5.74, 6) is -1.94. The molecule has 3 aromatic rings. The molecule has 0 aliphatic carbocycles. The number of imide groups is 1. The second-order valence-corrected chi connectivity index (χ2v) is 10.7. The Bertz CT molecular complexity index is 1460. The first-order chi connectivity index (χ1) is 18.2. The molecule has 5 rings (SSSR count). The van der Waals surface area contributed by atoms with Crippen molar-refractivity contribution in [2.24, 2.45) is 5.10 Å². The van der Waals surface area contributed by atoms with Gasteiger partial charge in [0.25, 0.3) is 0 Å². The maximum Gasteiger partial charge on any atom is 0.335 e. The number of carboxylic acid groups (broad SMARTS) is 1. The maximum absolute atomic E-state index is 13.2. The van der Waals surface area contributed by atoms with E-state index in [1.165, 1.54) is 24.3 Å². The van der Waals surface area contributed by atoms with E-state index in [9.17, 15) is 14.4 Å². The monoisotopic (exact) mass is 546 g/mol. The molecule has 0 spiro atoms. The first kappa shape index (κ1) is 25.7. The number of nitrogens with one attached hydrogen (secondary N) is 1. The molecule has 2 aliphatic rings. The third-order valence-electron chi connectivity index (χ3n) is 6.49. The van der Waals surface area contributed by atoms with E-state index in [1.54, 1.807) is 17.1 Å². The predicted octanol–water partition coefficient (Wildman–Crippen LogP) is 5.50. The number of aromatic carboxylic acids is 1. The van der Waals surface area contributed by atoms with Gasteiger partial charge in [-0.25, -0.2) is 14.7 Å². The summed E-state index contributed by atoms with van der Waals surface area (Å²) < 4.78 is 0. The molecule has 2 N–H and O–H groups in total. The van der Waals surface area contributed by atoms with Crippen molar-refractivity contribution < 1.29 is 19.5 Å². The number of amides is 2. The van der Waals surface area contributed by atoms with Crippen molar-refractivity contribution in [1.82, 2.24) is 5.01 Å². The average molecular weight is 547 g/mol. The van der Waals surface area contributed by atoms with Crippen LogP contribution in [0.5, 0.6) is 0 Å². The number of thioether (sulfide) groups is 1. The fraction of sp³-hybridized carbons (Fsp3) is 0.179. The van der Waals surface area contributed by atoms with Gasteiger partial charge in [-0.15, -0.1) is 0 Å². The molecule has 38 heavy (non-hydrogen) atoms. The van der Waals surface area contributed by atoms with Gasteiger partial charge in [0, 0.05) is 17.9 Å². The number of hydrogen-bond donors (Lipinski definition) is 2. The Morgan fingerprint density at radius 2 is 1.66 bits per heavy atom. The molecule has 0 saturated carbocycles. The Kier molecular flexibility index (Phi) is 7.05. The third kappa shape index (κ3) is 5.07. The van der Waals surface area contributed by atoms with Crippen LogP contribution in [0, 0.1) is 12.3 Å². The smallest absolute Gasteiger partial charge is 0.335 e. The second kappa shape index (κ2) is 10.4. The van der Waals surface area contributed by atoms with Crippen molar-refractivity contribution in [2.45, 2.75) is 31.1 Å². The molecule has 2 heterocycles. The quantitative estimate of drug-likeness (QED) is 0.248. The number of nitrogens with zero attached hydrogens (tertiary/aromatic N) is 3. The molecule has 10 heteroatoms. The lowest BCUT2D eigenvalue weighted by Crippen LogP contribution is -2.32. The number of carbonyl (C=O) groups is 3. The van der Waals surface area contributed by atoms with Gasteiger partial charge in [-0.05, 0) is 54.4 Å². The lowest BCUT2D eigenvalue weighted by molar-refractivity contribution is -0.121. The van der Waals surface area contributed by atoms with Crippen LogP contribution < -0.4 is 4.90 Å². The zero-order valence-electron chi connectivity index (χ0n) is 20.3. The summed E-state index contributed by atoms with van der Waals surface area (Å²) in [6, 6.07) is 20.7. The van der Waals surface area contributed by atoms with E-state index < -0.39 is 23.0 Å². The summed E-state index contributed by atoms with van der Waals surface area (Å²) in [5, 5.41) is 24.2. The normalized spacial score (nSPS) is 19.2.